The first-order chi connectivity index (χ1) is 13.5. The van der Waals surface area contributed by atoms with Crippen LogP contribution in [0.4, 0.5) is 5.69 Å². The predicted molar refractivity (Wildman–Crippen MR) is 114 cm³/mol. The number of carbonyl (C=O) groups excluding carboxylic acids is 2. The van der Waals surface area contributed by atoms with Gasteiger partial charge in [-0.3, -0.25) is 14.5 Å². The maximum atomic E-state index is 13.1. The number of hydrogen-bond acceptors (Lipinski definition) is 3. The minimum Gasteiger partial charge on any atom is -0.457 e. The van der Waals surface area contributed by atoms with Gasteiger partial charge in [-0.1, -0.05) is 44.0 Å². The molecular weight excluding hydrogens is 486 g/mol. The summed E-state index contributed by atoms with van der Waals surface area (Å²) in [6, 6.07) is 15.0. The second-order valence-electron chi connectivity index (χ2n) is 7.93. The molecule has 2 aliphatic carbocycles. The molecule has 2 aromatic rings. The van der Waals surface area contributed by atoms with E-state index in [2.05, 4.69) is 31.9 Å². The predicted octanol–water partition coefficient (Wildman–Crippen LogP) is 5.07. The molecule has 5 rings (SSSR count). The summed E-state index contributed by atoms with van der Waals surface area (Å²) in [4.78, 5) is 28.1. The highest BCUT2D eigenvalue weighted by molar-refractivity contribution is 9.12. The van der Waals surface area contributed by atoms with Gasteiger partial charge in [-0.15, -0.1) is 0 Å². The quantitative estimate of drug-likeness (QED) is 0.433. The van der Waals surface area contributed by atoms with Gasteiger partial charge in [0.2, 0.25) is 11.8 Å². The number of benzene rings is 2. The van der Waals surface area contributed by atoms with Crippen molar-refractivity contribution in [3.63, 3.8) is 0 Å². The smallest absolute Gasteiger partial charge is 0.238 e. The average molecular weight is 505 g/mol. The van der Waals surface area contributed by atoms with Crippen LogP contribution in [0, 0.1) is 30.6 Å². The Labute approximate surface area is 180 Å². The Kier molecular flexibility index (Phi) is 4.40. The number of imide groups is 1. The van der Waals surface area contributed by atoms with Gasteiger partial charge in [0, 0.05) is 9.65 Å². The van der Waals surface area contributed by atoms with Gasteiger partial charge in [0.1, 0.15) is 11.5 Å². The Hall–Kier alpha value is -1.66. The first-order valence-electron chi connectivity index (χ1n) is 9.46. The van der Waals surface area contributed by atoms with Crippen LogP contribution < -0.4 is 9.64 Å². The van der Waals surface area contributed by atoms with E-state index in [0.717, 1.165) is 17.7 Å². The molecule has 0 N–H and O–H groups in total. The lowest BCUT2D eigenvalue weighted by molar-refractivity contribution is -0.123. The third-order valence-corrected chi connectivity index (χ3v) is 9.51. The summed E-state index contributed by atoms with van der Waals surface area (Å²) >= 11 is 7.44. The Balaban J connectivity index is 1.38. The van der Waals surface area contributed by atoms with Crippen molar-refractivity contribution in [1.29, 1.82) is 0 Å². The highest BCUT2D eigenvalue weighted by atomic mass is 79.9. The third kappa shape index (κ3) is 2.68. The van der Waals surface area contributed by atoms with E-state index in [1.165, 1.54) is 4.90 Å². The zero-order chi connectivity index (χ0) is 19.6. The van der Waals surface area contributed by atoms with Gasteiger partial charge < -0.3 is 4.74 Å². The minimum atomic E-state index is -0.195. The molecular formula is C22H19Br2NO3. The van der Waals surface area contributed by atoms with Gasteiger partial charge in [0.15, 0.2) is 0 Å². The molecule has 4 nitrogen and oxygen atoms in total. The number of aryl methyl sites for hydroxylation is 1. The molecule has 2 amide bonds. The number of alkyl halides is 2. The number of halogens is 2. The molecule has 1 saturated heterocycles. The van der Waals surface area contributed by atoms with Gasteiger partial charge in [-0.2, -0.15) is 0 Å². The third-order valence-electron chi connectivity index (χ3n) is 6.31. The molecule has 6 heteroatoms. The number of fused-ring (bicyclic) bond motifs is 5. The maximum absolute atomic E-state index is 13.1. The van der Waals surface area contributed by atoms with Crippen molar-refractivity contribution in [2.24, 2.45) is 23.7 Å². The monoisotopic (exact) mass is 503 g/mol. The normalized spacial score (nSPS) is 33.5. The van der Waals surface area contributed by atoms with Crippen LogP contribution in [0.15, 0.2) is 48.5 Å². The van der Waals surface area contributed by atoms with Gasteiger partial charge in [-0.05, 0) is 67.1 Å². The lowest BCUT2D eigenvalue weighted by atomic mass is 9.81. The number of amides is 2. The lowest BCUT2D eigenvalue weighted by Crippen LogP contribution is -2.37. The number of nitrogens with zero attached hydrogens (tertiary/aromatic N) is 1. The molecule has 2 saturated carbocycles. The van der Waals surface area contributed by atoms with E-state index >= 15 is 0 Å². The second-order valence-corrected chi connectivity index (χ2v) is 10.0. The molecule has 1 aliphatic heterocycles. The summed E-state index contributed by atoms with van der Waals surface area (Å²) in [5.74, 6) is 1.39. The summed E-state index contributed by atoms with van der Waals surface area (Å²) < 4.78 is 5.88. The fraction of sp³-hybridized carbons (Fsp3) is 0.364. The van der Waals surface area contributed by atoms with Crippen molar-refractivity contribution in [2.45, 2.75) is 23.0 Å². The van der Waals surface area contributed by atoms with Crippen molar-refractivity contribution in [2.75, 3.05) is 4.90 Å². The Morgan fingerprint density at radius 2 is 1.50 bits per heavy atom. The number of hydrogen-bond donors (Lipinski definition) is 0. The molecule has 144 valence electrons. The molecule has 1 heterocycles. The van der Waals surface area contributed by atoms with E-state index in [9.17, 15) is 9.59 Å². The zero-order valence-electron chi connectivity index (χ0n) is 15.2. The Morgan fingerprint density at radius 1 is 0.893 bits per heavy atom. The fourth-order valence-electron chi connectivity index (χ4n) is 5.08. The molecule has 0 spiro atoms. The van der Waals surface area contributed by atoms with Crippen LogP contribution in [0.25, 0.3) is 0 Å². The van der Waals surface area contributed by atoms with Gasteiger partial charge in [0.05, 0.1) is 17.5 Å². The zero-order valence-corrected chi connectivity index (χ0v) is 18.4. The largest absolute Gasteiger partial charge is 0.457 e. The highest BCUT2D eigenvalue weighted by Crippen LogP contribution is 2.60. The van der Waals surface area contributed by atoms with Crippen LogP contribution >= 0.6 is 31.9 Å². The van der Waals surface area contributed by atoms with E-state index in [-0.39, 0.29) is 45.1 Å². The maximum Gasteiger partial charge on any atom is 0.238 e. The van der Waals surface area contributed by atoms with Crippen molar-refractivity contribution in [3.05, 3.63) is 54.1 Å². The first-order valence-corrected chi connectivity index (χ1v) is 11.3. The van der Waals surface area contributed by atoms with Crippen LogP contribution in [0.1, 0.15) is 12.0 Å². The molecule has 3 fully saturated rings. The lowest BCUT2D eigenvalue weighted by Gasteiger charge is -2.28. The molecule has 28 heavy (non-hydrogen) atoms. The summed E-state index contributed by atoms with van der Waals surface area (Å²) in [5, 5.41) is 0. The number of anilines is 1. The minimum absolute atomic E-state index is 0.0568. The van der Waals surface area contributed by atoms with Gasteiger partial charge in [0.25, 0.3) is 0 Å². The molecule has 0 unspecified atom stereocenters. The summed E-state index contributed by atoms with van der Waals surface area (Å²) in [5.41, 5.74) is 1.75. The van der Waals surface area contributed by atoms with E-state index in [4.69, 9.17) is 4.74 Å². The van der Waals surface area contributed by atoms with Crippen molar-refractivity contribution in [3.8, 4) is 11.5 Å². The standard InChI is InChI=1S/C22H19Br2NO3/c1-11-3-2-4-14(9-11)28-13-7-5-12(6-8-13)25-21(26)17-15-10-16(18(17)22(25)27)20(24)19(15)23/h2-9,15-20H,10H2,1H3/t15-,16-,17-,18+,19-,20+/m1/s1. The van der Waals surface area contributed by atoms with Gasteiger partial charge >= 0.3 is 0 Å². The molecule has 0 aromatic heterocycles. The number of ether oxygens (including phenoxy) is 1. The summed E-state index contributed by atoms with van der Waals surface area (Å²) in [6.45, 7) is 2.01. The topological polar surface area (TPSA) is 46.6 Å². The average Bonchev–Trinajstić information content (AvgIpc) is 3.28. The second kappa shape index (κ2) is 6.70. The van der Waals surface area contributed by atoms with E-state index < -0.39 is 0 Å². The number of rotatable bonds is 3. The summed E-state index contributed by atoms with van der Waals surface area (Å²) in [6.07, 6.45) is 0.940. The van der Waals surface area contributed by atoms with Gasteiger partial charge in [-0.25, -0.2) is 0 Å². The van der Waals surface area contributed by atoms with Crippen LogP contribution in [-0.2, 0) is 9.59 Å². The Morgan fingerprint density at radius 3 is 2.07 bits per heavy atom. The molecule has 2 bridgehead atoms. The van der Waals surface area contributed by atoms with E-state index in [1.54, 1.807) is 12.1 Å². The molecule has 3 aliphatic rings. The van der Waals surface area contributed by atoms with Crippen molar-refractivity contribution in [1.82, 2.24) is 0 Å². The van der Waals surface area contributed by atoms with Crippen LogP contribution in [0.2, 0.25) is 0 Å². The first kappa shape index (κ1) is 18.4. The van der Waals surface area contributed by atoms with Crippen molar-refractivity contribution >= 4 is 49.4 Å². The molecule has 6 atom stereocenters. The van der Waals surface area contributed by atoms with Crippen molar-refractivity contribution < 1.29 is 14.3 Å². The molecule has 0 radical (unpaired) electrons. The number of carbonyl (C=O) groups is 2. The fourth-order valence-corrected chi connectivity index (χ4v) is 6.95. The summed E-state index contributed by atoms with van der Waals surface area (Å²) in [7, 11) is 0. The van der Waals surface area contributed by atoms with E-state index in [1.807, 2.05) is 43.3 Å². The highest BCUT2D eigenvalue weighted by Gasteiger charge is 2.66. The SMILES string of the molecule is Cc1cccc(Oc2ccc(N3C(=O)[C@@H]4[C@H]5C[C@@H]([C@H](Br)[C@@H]5Br)[C@@H]4C3=O)cc2)c1. The van der Waals surface area contributed by atoms with E-state index in [0.29, 0.717) is 11.4 Å². The van der Waals surface area contributed by atoms with Crippen LogP contribution in [0.3, 0.4) is 0 Å². The molecule has 2 aromatic carbocycles. The van der Waals surface area contributed by atoms with Crippen LogP contribution in [-0.4, -0.2) is 21.5 Å². The Bertz CT molecular complexity index is 929. The van der Waals surface area contributed by atoms with Crippen LogP contribution in [0.5, 0.6) is 11.5 Å².